The Labute approximate surface area is 159 Å². The largest absolute Gasteiger partial charge is 0.444 e. The zero-order valence-corrected chi connectivity index (χ0v) is 14.9. The Kier molecular flexibility index (Phi) is 6.63. The Bertz CT molecular complexity index is 900. The predicted molar refractivity (Wildman–Crippen MR) is 99.3 cm³/mol. The Morgan fingerprint density at radius 3 is 2.46 bits per heavy atom. The summed E-state index contributed by atoms with van der Waals surface area (Å²) in [5.74, 6) is -1.85. The van der Waals surface area contributed by atoms with Gasteiger partial charge in [0, 0.05) is 18.2 Å². The SMILES string of the molecule is CCNC(=O)NC(=O)[C@@H](OC(=O)c1ccc(N)c([N+](=O)[O-])c1)c1ccccc1. The molecule has 0 radical (unpaired) electrons. The van der Waals surface area contributed by atoms with Crippen molar-refractivity contribution in [2.75, 3.05) is 12.3 Å². The number of esters is 1. The number of carbonyl (C=O) groups excluding carboxylic acids is 3. The van der Waals surface area contributed by atoms with Gasteiger partial charge in [-0.25, -0.2) is 9.59 Å². The molecule has 0 bridgehead atoms. The number of nitro benzene ring substituents is 1. The van der Waals surface area contributed by atoms with E-state index in [1.54, 1.807) is 37.3 Å². The van der Waals surface area contributed by atoms with E-state index in [0.717, 1.165) is 6.07 Å². The van der Waals surface area contributed by atoms with E-state index in [-0.39, 0.29) is 11.3 Å². The normalized spacial score (nSPS) is 11.2. The number of nitrogen functional groups attached to an aromatic ring is 1. The molecule has 10 nitrogen and oxygen atoms in total. The maximum Gasteiger partial charge on any atom is 0.339 e. The van der Waals surface area contributed by atoms with Crippen LogP contribution in [0.25, 0.3) is 0 Å². The van der Waals surface area contributed by atoms with Gasteiger partial charge in [0.1, 0.15) is 5.69 Å². The Hall–Kier alpha value is -3.95. The molecule has 0 saturated carbocycles. The van der Waals surface area contributed by atoms with Crippen molar-refractivity contribution in [3.8, 4) is 0 Å². The predicted octanol–water partition coefficient (Wildman–Crippen LogP) is 1.92. The lowest BCUT2D eigenvalue weighted by Gasteiger charge is -2.17. The monoisotopic (exact) mass is 386 g/mol. The summed E-state index contributed by atoms with van der Waals surface area (Å²) < 4.78 is 5.24. The number of imide groups is 1. The van der Waals surface area contributed by atoms with E-state index in [9.17, 15) is 24.5 Å². The van der Waals surface area contributed by atoms with Gasteiger partial charge in [-0.2, -0.15) is 0 Å². The molecule has 0 aliphatic heterocycles. The number of carbonyl (C=O) groups is 3. The van der Waals surface area contributed by atoms with Gasteiger partial charge in [-0.05, 0) is 19.1 Å². The van der Waals surface area contributed by atoms with Crippen molar-refractivity contribution in [1.82, 2.24) is 10.6 Å². The zero-order valence-electron chi connectivity index (χ0n) is 14.9. The summed E-state index contributed by atoms with van der Waals surface area (Å²) in [6.45, 7) is 1.97. The van der Waals surface area contributed by atoms with Crippen molar-refractivity contribution in [1.29, 1.82) is 0 Å². The fraction of sp³-hybridized carbons (Fsp3) is 0.167. The molecule has 0 spiro atoms. The van der Waals surface area contributed by atoms with Crippen molar-refractivity contribution >= 4 is 29.3 Å². The van der Waals surface area contributed by atoms with Crippen LogP contribution in [0.15, 0.2) is 48.5 Å². The molecule has 2 aromatic rings. The Balaban J connectivity index is 2.28. The van der Waals surface area contributed by atoms with E-state index in [1.165, 1.54) is 12.1 Å². The highest BCUT2D eigenvalue weighted by molar-refractivity contribution is 5.99. The van der Waals surface area contributed by atoms with Crippen molar-refractivity contribution in [3.63, 3.8) is 0 Å². The maximum absolute atomic E-state index is 12.5. The van der Waals surface area contributed by atoms with Crippen LogP contribution in [0.5, 0.6) is 0 Å². The molecule has 0 unspecified atom stereocenters. The highest BCUT2D eigenvalue weighted by Crippen LogP contribution is 2.25. The van der Waals surface area contributed by atoms with Gasteiger partial charge in [-0.1, -0.05) is 30.3 Å². The molecule has 146 valence electrons. The fourth-order valence-electron chi connectivity index (χ4n) is 2.29. The van der Waals surface area contributed by atoms with Crippen LogP contribution in [0.3, 0.4) is 0 Å². The van der Waals surface area contributed by atoms with Crippen molar-refractivity contribution in [3.05, 3.63) is 69.8 Å². The summed E-state index contributed by atoms with van der Waals surface area (Å²) >= 11 is 0. The highest BCUT2D eigenvalue weighted by atomic mass is 16.6. The maximum atomic E-state index is 12.5. The molecule has 0 saturated heterocycles. The molecular weight excluding hydrogens is 368 g/mol. The molecule has 2 aromatic carbocycles. The summed E-state index contributed by atoms with van der Waals surface area (Å²) in [7, 11) is 0. The first-order chi connectivity index (χ1) is 13.3. The zero-order chi connectivity index (χ0) is 20.7. The summed E-state index contributed by atoms with van der Waals surface area (Å²) in [5.41, 5.74) is 5.10. The summed E-state index contributed by atoms with van der Waals surface area (Å²) in [5, 5.41) is 15.5. The minimum atomic E-state index is -1.44. The number of rotatable bonds is 6. The second kappa shape index (κ2) is 9.12. The van der Waals surface area contributed by atoms with Crippen LogP contribution in [0, 0.1) is 10.1 Å². The van der Waals surface area contributed by atoms with Crippen LogP contribution >= 0.6 is 0 Å². The topological polar surface area (TPSA) is 154 Å². The van der Waals surface area contributed by atoms with E-state index in [0.29, 0.717) is 12.1 Å². The smallest absolute Gasteiger partial charge is 0.339 e. The number of amides is 3. The van der Waals surface area contributed by atoms with Gasteiger partial charge in [-0.3, -0.25) is 20.2 Å². The third-order valence-corrected chi connectivity index (χ3v) is 3.60. The molecule has 0 aliphatic rings. The van der Waals surface area contributed by atoms with Gasteiger partial charge < -0.3 is 15.8 Å². The van der Waals surface area contributed by atoms with E-state index < -0.39 is 34.6 Å². The average Bonchev–Trinajstić information content (AvgIpc) is 2.66. The van der Waals surface area contributed by atoms with Crippen molar-refractivity contribution in [2.24, 2.45) is 0 Å². The number of nitro groups is 1. The number of anilines is 1. The van der Waals surface area contributed by atoms with Gasteiger partial charge in [0.2, 0.25) is 6.10 Å². The van der Waals surface area contributed by atoms with Crippen molar-refractivity contribution in [2.45, 2.75) is 13.0 Å². The molecule has 2 rings (SSSR count). The van der Waals surface area contributed by atoms with E-state index in [1.807, 2.05) is 0 Å². The molecule has 0 fully saturated rings. The number of nitrogens with zero attached hydrogens (tertiary/aromatic N) is 1. The van der Waals surface area contributed by atoms with Crippen LogP contribution in [-0.4, -0.2) is 29.4 Å². The average molecular weight is 386 g/mol. The molecule has 0 heterocycles. The fourth-order valence-corrected chi connectivity index (χ4v) is 2.29. The van der Waals surface area contributed by atoms with Crippen LogP contribution in [0.1, 0.15) is 28.9 Å². The highest BCUT2D eigenvalue weighted by Gasteiger charge is 2.28. The van der Waals surface area contributed by atoms with Crippen molar-refractivity contribution < 1.29 is 24.0 Å². The molecule has 0 aromatic heterocycles. The van der Waals surface area contributed by atoms with E-state index >= 15 is 0 Å². The van der Waals surface area contributed by atoms with Gasteiger partial charge in [-0.15, -0.1) is 0 Å². The first-order valence-electron chi connectivity index (χ1n) is 8.22. The molecular formula is C18H18N4O6. The Morgan fingerprint density at radius 2 is 1.86 bits per heavy atom. The summed E-state index contributed by atoms with van der Waals surface area (Å²) in [4.78, 5) is 46.8. The first-order valence-corrected chi connectivity index (χ1v) is 8.22. The van der Waals surface area contributed by atoms with Gasteiger partial charge in [0.05, 0.1) is 10.5 Å². The molecule has 0 aliphatic carbocycles. The summed E-state index contributed by atoms with van der Waals surface area (Å²) in [6, 6.07) is 10.7. The first kappa shape index (κ1) is 20.4. The van der Waals surface area contributed by atoms with E-state index in [2.05, 4.69) is 10.6 Å². The quantitative estimate of drug-likeness (QED) is 0.296. The number of nitrogens with two attached hydrogens (primary N) is 1. The third-order valence-electron chi connectivity index (χ3n) is 3.60. The van der Waals surface area contributed by atoms with Crippen LogP contribution in [-0.2, 0) is 9.53 Å². The number of ether oxygens (including phenoxy) is 1. The standard InChI is InChI=1S/C18H18N4O6/c1-2-20-18(25)21-16(23)15(11-6-4-3-5-7-11)28-17(24)12-8-9-13(19)14(10-12)22(26)27/h3-10,15H,2,19H2,1H3,(H2,20,21,23,25)/t15-/m0/s1. The molecule has 3 amide bonds. The number of hydrogen-bond donors (Lipinski definition) is 3. The van der Waals surface area contributed by atoms with Crippen LogP contribution in [0.4, 0.5) is 16.2 Å². The van der Waals surface area contributed by atoms with Gasteiger partial charge in [0.25, 0.3) is 11.6 Å². The molecule has 10 heteroatoms. The second-order valence-corrected chi connectivity index (χ2v) is 5.58. The minimum Gasteiger partial charge on any atom is -0.444 e. The molecule has 4 N–H and O–H groups in total. The van der Waals surface area contributed by atoms with Gasteiger partial charge >= 0.3 is 12.0 Å². The lowest BCUT2D eigenvalue weighted by atomic mass is 10.1. The second-order valence-electron chi connectivity index (χ2n) is 5.58. The minimum absolute atomic E-state index is 0.116. The number of benzene rings is 2. The van der Waals surface area contributed by atoms with Crippen LogP contribution in [0.2, 0.25) is 0 Å². The summed E-state index contributed by atoms with van der Waals surface area (Å²) in [6.07, 6.45) is -1.44. The molecule has 1 atom stereocenters. The van der Waals surface area contributed by atoms with Gasteiger partial charge in [0.15, 0.2) is 0 Å². The third kappa shape index (κ3) is 5.04. The lowest BCUT2D eigenvalue weighted by molar-refractivity contribution is -0.383. The number of urea groups is 1. The van der Waals surface area contributed by atoms with Crippen LogP contribution < -0.4 is 16.4 Å². The lowest BCUT2D eigenvalue weighted by Crippen LogP contribution is -2.42. The molecule has 28 heavy (non-hydrogen) atoms. The van der Waals surface area contributed by atoms with E-state index in [4.69, 9.17) is 10.5 Å². The Morgan fingerprint density at radius 1 is 1.18 bits per heavy atom. The number of hydrogen-bond acceptors (Lipinski definition) is 7. The number of nitrogens with one attached hydrogen (secondary N) is 2.